The fourth-order valence-electron chi connectivity index (χ4n) is 3.26. The Labute approximate surface area is 137 Å². The van der Waals surface area contributed by atoms with Crippen LogP contribution in [0.5, 0.6) is 0 Å². The number of aryl methyl sites for hydroxylation is 2. The molecule has 0 fully saturated rings. The van der Waals surface area contributed by atoms with E-state index in [1.54, 1.807) is 0 Å². The summed E-state index contributed by atoms with van der Waals surface area (Å²) in [6, 6.07) is -0.256. The number of fused-ring (bicyclic) bond motifs is 1. The van der Waals surface area contributed by atoms with Crippen molar-refractivity contribution in [2.75, 3.05) is 13.2 Å². The zero-order valence-electron chi connectivity index (χ0n) is 14.4. The van der Waals surface area contributed by atoms with Gasteiger partial charge >= 0.3 is 6.03 Å². The molecule has 0 spiro atoms. The Morgan fingerprint density at radius 3 is 2.83 bits per heavy atom. The summed E-state index contributed by atoms with van der Waals surface area (Å²) in [7, 11) is 0. The molecule has 1 aliphatic rings. The van der Waals surface area contributed by atoms with Crippen molar-refractivity contribution in [2.24, 2.45) is 5.41 Å². The Balaban J connectivity index is 1.93. The zero-order chi connectivity index (χ0) is 16.9. The molecule has 0 radical (unpaired) electrons. The van der Waals surface area contributed by atoms with E-state index in [1.165, 1.54) is 0 Å². The molecule has 23 heavy (non-hydrogen) atoms. The minimum atomic E-state index is -0.173. The van der Waals surface area contributed by atoms with Crippen molar-refractivity contribution in [3.05, 3.63) is 11.6 Å². The van der Waals surface area contributed by atoms with Gasteiger partial charge in [-0.05, 0) is 44.4 Å². The number of hydrogen-bond donors (Lipinski definition) is 3. The van der Waals surface area contributed by atoms with Crippen LogP contribution < -0.4 is 10.6 Å². The third-order valence-electron chi connectivity index (χ3n) is 5.05. The highest BCUT2D eigenvalue weighted by atomic mass is 16.3. The van der Waals surface area contributed by atoms with Crippen molar-refractivity contribution in [2.45, 2.75) is 65.5 Å². The van der Waals surface area contributed by atoms with Gasteiger partial charge in [-0.1, -0.05) is 13.8 Å². The molecule has 7 nitrogen and oxygen atoms in total. The third-order valence-corrected chi connectivity index (χ3v) is 5.05. The smallest absolute Gasteiger partial charge is 0.315 e. The van der Waals surface area contributed by atoms with Crippen molar-refractivity contribution in [3.63, 3.8) is 0 Å². The first-order valence-electron chi connectivity index (χ1n) is 8.60. The molecule has 2 amide bonds. The maximum absolute atomic E-state index is 12.3. The fourth-order valence-corrected chi connectivity index (χ4v) is 3.26. The van der Waals surface area contributed by atoms with Crippen molar-refractivity contribution in [3.8, 4) is 0 Å². The quantitative estimate of drug-likeness (QED) is 0.715. The van der Waals surface area contributed by atoms with Gasteiger partial charge in [0.25, 0.3) is 0 Å². The van der Waals surface area contributed by atoms with Gasteiger partial charge in [-0.2, -0.15) is 5.10 Å². The Morgan fingerprint density at radius 1 is 1.43 bits per heavy atom. The van der Waals surface area contributed by atoms with Gasteiger partial charge in [0.15, 0.2) is 0 Å². The highest BCUT2D eigenvalue weighted by Gasteiger charge is 2.28. The number of nitrogens with zero attached hydrogens (tertiary/aromatic N) is 3. The molecule has 1 atom stereocenters. The molecule has 2 rings (SSSR count). The molecule has 1 unspecified atom stereocenters. The number of rotatable bonds is 7. The van der Waals surface area contributed by atoms with Gasteiger partial charge in [0.05, 0.1) is 6.04 Å². The summed E-state index contributed by atoms with van der Waals surface area (Å²) in [5.41, 5.74) is -0.0325. The second kappa shape index (κ2) is 7.77. The Kier molecular flexibility index (Phi) is 5.98. The van der Waals surface area contributed by atoms with Crippen molar-refractivity contribution < 1.29 is 9.90 Å². The normalized spacial score (nSPS) is 17.7. The summed E-state index contributed by atoms with van der Waals surface area (Å²) in [5, 5.41) is 19.6. The Hall–Kier alpha value is -1.63. The average molecular weight is 323 g/mol. The maximum Gasteiger partial charge on any atom is 0.315 e. The lowest BCUT2D eigenvalue weighted by molar-refractivity contribution is 0.162. The number of aliphatic hydroxyl groups excluding tert-OH is 1. The van der Waals surface area contributed by atoms with Gasteiger partial charge in [0.1, 0.15) is 11.6 Å². The van der Waals surface area contributed by atoms with E-state index in [0.29, 0.717) is 13.0 Å². The van der Waals surface area contributed by atoms with E-state index >= 15 is 0 Å². The van der Waals surface area contributed by atoms with E-state index < -0.39 is 0 Å². The summed E-state index contributed by atoms with van der Waals surface area (Å²) < 4.78 is 1.89. The highest BCUT2D eigenvalue weighted by Crippen LogP contribution is 2.29. The van der Waals surface area contributed by atoms with E-state index in [2.05, 4.69) is 34.6 Å². The van der Waals surface area contributed by atoms with Crippen LogP contribution >= 0.6 is 0 Å². The van der Waals surface area contributed by atoms with Crippen LogP contribution in [0.15, 0.2) is 0 Å². The van der Waals surface area contributed by atoms with Gasteiger partial charge in [-0.15, -0.1) is 0 Å². The molecule has 1 aliphatic heterocycles. The molecule has 0 bridgehead atoms. The summed E-state index contributed by atoms with van der Waals surface area (Å²) in [5.74, 6) is 1.59. The molecular formula is C16H29N5O2. The Morgan fingerprint density at radius 2 is 2.17 bits per heavy atom. The highest BCUT2D eigenvalue weighted by molar-refractivity contribution is 5.74. The molecule has 0 aromatic carbocycles. The van der Waals surface area contributed by atoms with Crippen LogP contribution in [0.4, 0.5) is 4.79 Å². The zero-order valence-corrected chi connectivity index (χ0v) is 14.4. The van der Waals surface area contributed by atoms with E-state index in [9.17, 15) is 9.90 Å². The molecule has 1 aromatic rings. The van der Waals surface area contributed by atoms with Crippen molar-refractivity contribution in [1.82, 2.24) is 25.4 Å². The number of hydrogen-bond acceptors (Lipinski definition) is 4. The number of urea groups is 1. The van der Waals surface area contributed by atoms with Crippen LogP contribution in [-0.2, 0) is 6.54 Å². The van der Waals surface area contributed by atoms with Crippen molar-refractivity contribution in [1.29, 1.82) is 0 Å². The molecule has 1 aromatic heterocycles. The lowest BCUT2D eigenvalue weighted by Gasteiger charge is -2.32. The lowest BCUT2D eigenvalue weighted by atomic mass is 9.79. The molecule has 0 aliphatic carbocycles. The minimum absolute atomic E-state index is 0.0325. The summed E-state index contributed by atoms with van der Waals surface area (Å²) in [6.07, 6.45) is 4.44. The predicted molar refractivity (Wildman–Crippen MR) is 88.0 cm³/mol. The van der Waals surface area contributed by atoms with E-state index in [0.717, 1.165) is 43.9 Å². The number of nitrogens with one attached hydrogen (secondary N) is 2. The van der Waals surface area contributed by atoms with Gasteiger partial charge < -0.3 is 15.7 Å². The first-order chi connectivity index (χ1) is 11.0. The number of aromatic nitrogens is 3. The van der Waals surface area contributed by atoms with E-state index in [1.807, 2.05) is 11.6 Å². The second-order valence-electron chi connectivity index (χ2n) is 6.44. The number of carbonyl (C=O) groups is 1. The Bertz CT molecular complexity index is 525. The fraction of sp³-hybridized carbons (Fsp3) is 0.812. The monoisotopic (exact) mass is 323 g/mol. The SMILES string of the molecule is CCC(CC)(CCO)CNC(=O)NC1CCCn2nc(C)nc21. The predicted octanol–water partition coefficient (Wildman–Crippen LogP) is 1.91. The minimum Gasteiger partial charge on any atom is -0.396 e. The van der Waals surface area contributed by atoms with Gasteiger partial charge in [-0.3, -0.25) is 0 Å². The van der Waals surface area contributed by atoms with Crippen LogP contribution in [0.25, 0.3) is 0 Å². The van der Waals surface area contributed by atoms with E-state index in [-0.39, 0.29) is 24.1 Å². The molecule has 130 valence electrons. The van der Waals surface area contributed by atoms with Crippen LogP contribution in [0.2, 0.25) is 0 Å². The summed E-state index contributed by atoms with van der Waals surface area (Å²) in [6.45, 7) is 7.66. The molecule has 7 heteroatoms. The topological polar surface area (TPSA) is 92.1 Å². The number of amides is 2. The second-order valence-corrected chi connectivity index (χ2v) is 6.44. The van der Waals surface area contributed by atoms with Crippen LogP contribution in [0.1, 0.15) is 63.6 Å². The molecule has 2 heterocycles. The van der Waals surface area contributed by atoms with Crippen LogP contribution in [-0.4, -0.2) is 39.1 Å². The van der Waals surface area contributed by atoms with Crippen LogP contribution in [0, 0.1) is 12.3 Å². The largest absolute Gasteiger partial charge is 0.396 e. The molecule has 0 saturated carbocycles. The first kappa shape index (κ1) is 17.7. The summed E-state index contributed by atoms with van der Waals surface area (Å²) in [4.78, 5) is 16.7. The van der Waals surface area contributed by atoms with Gasteiger partial charge in [0.2, 0.25) is 0 Å². The average Bonchev–Trinajstić information content (AvgIpc) is 2.93. The third kappa shape index (κ3) is 4.22. The van der Waals surface area contributed by atoms with Crippen molar-refractivity contribution >= 4 is 6.03 Å². The number of carbonyl (C=O) groups excluding carboxylic acids is 1. The molecule has 3 N–H and O–H groups in total. The number of aliphatic hydroxyl groups is 1. The van der Waals surface area contributed by atoms with Gasteiger partial charge in [0, 0.05) is 19.7 Å². The summed E-state index contributed by atoms with van der Waals surface area (Å²) >= 11 is 0. The van der Waals surface area contributed by atoms with Gasteiger partial charge in [-0.25, -0.2) is 14.5 Å². The maximum atomic E-state index is 12.3. The lowest BCUT2D eigenvalue weighted by Crippen LogP contribution is -2.45. The first-order valence-corrected chi connectivity index (χ1v) is 8.60. The molecule has 0 saturated heterocycles. The van der Waals surface area contributed by atoms with Crippen LogP contribution in [0.3, 0.4) is 0 Å². The molecular weight excluding hydrogens is 294 g/mol. The standard InChI is InChI=1S/C16H29N5O2/c1-4-16(5-2,8-10-22)11-17-15(23)19-13-7-6-9-21-14(13)18-12(3)20-21/h13,22H,4-11H2,1-3H3,(H2,17,19,23). The van der Waals surface area contributed by atoms with E-state index in [4.69, 9.17) is 0 Å².